The van der Waals surface area contributed by atoms with Crippen LogP contribution < -0.4 is 10.6 Å². The monoisotopic (exact) mass is 352 g/mol. The molecule has 26 heavy (non-hydrogen) atoms. The lowest BCUT2D eigenvalue weighted by molar-refractivity contribution is 0.402. The molecule has 4 heteroatoms. The SMILES string of the molecule is CN=C(NCc1ccc(CN(C)C)cc1)NCC(C)c1ccc(C)cc1. The molecule has 2 rings (SSSR count). The minimum atomic E-state index is 0.430. The Morgan fingerprint density at radius 2 is 1.58 bits per heavy atom. The minimum Gasteiger partial charge on any atom is -0.356 e. The average molecular weight is 353 g/mol. The molecule has 0 aliphatic rings. The maximum atomic E-state index is 4.33. The topological polar surface area (TPSA) is 39.7 Å². The van der Waals surface area contributed by atoms with E-state index in [9.17, 15) is 0 Å². The van der Waals surface area contributed by atoms with Gasteiger partial charge in [0.05, 0.1) is 0 Å². The number of hydrogen-bond donors (Lipinski definition) is 2. The van der Waals surface area contributed by atoms with Gasteiger partial charge in [0.2, 0.25) is 0 Å². The van der Waals surface area contributed by atoms with Gasteiger partial charge in [-0.2, -0.15) is 0 Å². The van der Waals surface area contributed by atoms with E-state index in [1.807, 2.05) is 7.05 Å². The highest BCUT2D eigenvalue weighted by atomic mass is 15.2. The maximum absolute atomic E-state index is 4.33. The molecule has 1 unspecified atom stereocenters. The molecule has 0 aliphatic heterocycles. The van der Waals surface area contributed by atoms with Gasteiger partial charge in [0.1, 0.15) is 0 Å². The Morgan fingerprint density at radius 1 is 0.962 bits per heavy atom. The third-order valence-electron chi connectivity index (χ3n) is 4.43. The smallest absolute Gasteiger partial charge is 0.191 e. The van der Waals surface area contributed by atoms with E-state index >= 15 is 0 Å². The van der Waals surface area contributed by atoms with Crippen molar-refractivity contribution in [1.82, 2.24) is 15.5 Å². The van der Waals surface area contributed by atoms with Gasteiger partial charge in [-0.15, -0.1) is 0 Å². The highest BCUT2D eigenvalue weighted by Crippen LogP contribution is 2.14. The van der Waals surface area contributed by atoms with Crippen LogP contribution >= 0.6 is 0 Å². The van der Waals surface area contributed by atoms with Crippen LogP contribution in [0.25, 0.3) is 0 Å². The molecule has 0 radical (unpaired) electrons. The Balaban J connectivity index is 1.81. The number of guanidine groups is 1. The zero-order valence-electron chi connectivity index (χ0n) is 16.7. The van der Waals surface area contributed by atoms with Gasteiger partial charge in [-0.25, -0.2) is 0 Å². The fourth-order valence-electron chi connectivity index (χ4n) is 2.80. The van der Waals surface area contributed by atoms with Gasteiger partial charge in [0.25, 0.3) is 0 Å². The van der Waals surface area contributed by atoms with Crippen molar-refractivity contribution in [3.8, 4) is 0 Å². The molecule has 0 amide bonds. The lowest BCUT2D eigenvalue weighted by Crippen LogP contribution is -2.38. The zero-order chi connectivity index (χ0) is 18.9. The van der Waals surface area contributed by atoms with E-state index < -0.39 is 0 Å². The second kappa shape index (κ2) is 9.97. The van der Waals surface area contributed by atoms with E-state index in [0.717, 1.165) is 25.6 Å². The highest BCUT2D eigenvalue weighted by molar-refractivity contribution is 5.79. The van der Waals surface area contributed by atoms with Crippen molar-refractivity contribution < 1.29 is 0 Å². The Hall–Kier alpha value is -2.33. The first-order valence-corrected chi connectivity index (χ1v) is 9.21. The van der Waals surface area contributed by atoms with Crippen LogP contribution in [0.1, 0.15) is 35.1 Å². The number of nitrogens with zero attached hydrogens (tertiary/aromatic N) is 2. The van der Waals surface area contributed by atoms with Crippen LogP contribution in [0.3, 0.4) is 0 Å². The summed E-state index contributed by atoms with van der Waals surface area (Å²) >= 11 is 0. The summed E-state index contributed by atoms with van der Waals surface area (Å²) in [4.78, 5) is 6.50. The molecule has 4 nitrogen and oxygen atoms in total. The number of aryl methyl sites for hydroxylation is 1. The molecular weight excluding hydrogens is 320 g/mol. The molecule has 0 bridgehead atoms. The van der Waals surface area contributed by atoms with Crippen LogP contribution in [0, 0.1) is 6.92 Å². The fourth-order valence-corrected chi connectivity index (χ4v) is 2.80. The first kappa shape index (κ1) is 20.0. The van der Waals surface area contributed by atoms with Crippen LogP contribution in [0.15, 0.2) is 53.5 Å². The van der Waals surface area contributed by atoms with Crippen LogP contribution in [0.5, 0.6) is 0 Å². The number of hydrogen-bond acceptors (Lipinski definition) is 2. The van der Waals surface area contributed by atoms with E-state index in [4.69, 9.17) is 0 Å². The summed E-state index contributed by atoms with van der Waals surface area (Å²) in [5.41, 5.74) is 5.22. The summed E-state index contributed by atoms with van der Waals surface area (Å²) in [6.45, 7) is 6.93. The zero-order valence-corrected chi connectivity index (χ0v) is 16.7. The summed E-state index contributed by atoms with van der Waals surface area (Å²) in [5.74, 6) is 1.26. The predicted octanol–water partition coefficient (Wildman–Crippen LogP) is 3.53. The van der Waals surface area contributed by atoms with E-state index in [2.05, 4.69) is 97.0 Å². The van der Waals surface area contributed by atoms with Crippen molar-refractivity contribution in [2.75, 3.05) is 27.7 Å². The van der Waals surface area contributed by atoms with Gasteiger partial charge in [0, 0.05) is 26.7 Å². The van der Waals surface area contributed by atoms with Crippen molar-refractivity contribution in [2.45, 2.75) is 32.9 Å². The van der Waals surface area contributed by atoms with Crippen LogP contribution in [0.2, 0.25) is 0 Å². The van der Waals surface area contributed by atoms with Crippen molar-refractivity contribution in [3.63, 3.8) is 0 Å². The van der Waals surface area contributed by atoms with Gasteiger partial charge in [-0.3, -0.25) is 4.99 Å². The number of rotatable bonds is 7. The summed E-state index contributed by atoms with van der Waals surface area (Å²) in [5, 5.41) is 6.81. The standard InChI is InChI=1S/C22H32N4/c1-17-6-12-21(13-7-17)18(2)14-24-22(23-3)25-15-19-8-10-20(11-9-19)16-26(4)5/h6-13,18H,14-16H2,1-5H3,(H2,23,24,25). The van der Waals surface area contributed by atoms with Crippen molar-refractivity contribution in [3.05, 3.63) is 70.8 Å². The van der Waals surface area contributed by atoms with Gasteiger partial charge >= 0.3 is 0 Å². The number of nitrogens with one attached hydrogen (secondary N) is 2. The summed E-state index contributed by atoms with van der Waals surface area (Å²) < 4.78 is 0. The first-order chi connectivity index (χ1) is 12.5. The Bertz CT molecular complexity index is 687. The number of aliphatic imine (C=N–C) groups is 1. The molecule has 0 fully saturated rings. The molecule has 2 aromatic carbocycles. The second-order valence-electron chi connectivity index (χ2n) is 7.17. The van der Waals surface area contributed by atoms with Gasteiger partial charge in [0.15, 0.2) is 5.96 Å². The second-order valence-corrected chi connectivity index (χ2v) is 7.17. The molecule has 0 heterocycles. The van der Waals surface area contributed by atoms with Gasteiger partial charge < -0.3 is 15.5 Å². The quantitative estimate of drug-likeness (QED) is 0.591. The Labute approximate surface area is 158 Å². The van der Waals surface area contributed by atoms with Gasteiger partial charge in [-0.05, 0) is 43.6 Å². The Kier molecular flexibility index (Phi) is 7.67. The molecule has 1 atom stereocenters. The fraction of sp³-hybridized carbons (Fsp3) is 0.409. The molecule has 0 aliphatic carbocycles. The minimum absolute atomic E-state index is 0.430. The van der Waals surface area contributed by atoms with Crippen LogP contribution in [0.4, 0.5) is 0 Å². The number of benzene rings is 2. The average Bonchev–Trinajstić information content (AvgIpc) is 2.63. The largest absolute Gasteiger partial charge is 0.356 e. The maximum Gasteiger partial charge on any atom is 0.191 e. The molecule has 0 spiro atoms. The van der Waals surface area contributed by atoms with E-state index in [1.165, 1.54) is 22.3 Å². The lowest BCUT2D eigenvalue weighted by Gasteiger charge is -2.17. The highest BCUT2D eigenvalue weighted by Gasteiger charge is 2.06. The third-order valence-corrected chi connectivity index (χ3v) is 4.43. The Morgan fingerprint density at radius 3 is 2.15 bits per heavy atom. The van der Waals surface area contributed by atoms with Crippen molar-refractivity contribution in [1.29, 1.82) is 0 Å². The van der Waals surface area contributed by atoms with Crippen LogP contribution in [-0.4, -0.2) is 38.5 Å². The molecule has 2 N–H and O–H groups in total. The summed E-state index contributed by atoms with van der Waals surface area (Å²) in [6, 6.07) is 17.5. The van der Waals surface area contributed by atoms with E-state index in [-0.39, 0.29) is 0 Å². The molecule has 2 aromatic rings. The molecule has 0 saturated heterocycles. The van der Waals surface area contributed by atoms with E-state index in [1.54, 1.807) is 0 Å². The first-order valence-electron chi connectivity index (χ1n) is 9.21. The summed E-state index contributed by atoms with van der Waals surface area (Å²) in [7, 11) is 5.98. The van der Waals surface area contributed by atoms with Crippen molar-refractivity contribution >= 4 is 5.96 Å². The van der Waals surface area contributed by atoms with Crippen LogP contribution in [-0.2, 0) is 13.1 Å². The predicted molar refractivity (Wildman–Crippen MR) is 112 cm³/mol. The van der Waals surface area contributed by atoms with Crippen molar-refractivity contribution in [2.24, 2.45) is 4.99 Å². The normalized spacial score (nSPS) is 12.9. The lowest BCUT2D eigenvalue weighted by atomic mass is 10.0. The molecule has 0 aromatic heterocycles. The molecule has 0 saturated carbocycles. The van der Waals surface area contributed by atoms with E-state index in [0.29, 0.717) is 5.92 Å². The summed E-state index contributed by atoms with van der Waals surface area (Å²) in [6.07, 6.45) is 0. The third kappa shape index (κ3) is 6.52. The van der Waals surface area contributed by atoms with Gasteiger partial charge in [-0.1, -0.05) is 61.0 Å². The molecule has 140 valence electrons. The molecular formula is C22H32N4.